The van der Waals surface area contributed by atoms with Crippen LogP contribution < -0.4 is 0 Å². The molecule has 0 aromatic heterocycles. The van der Waals surface area contributed by atoms with Gasteiger partial charge < -0.3 is 0 Å². The topological polar surface area (TPSA) is 24.7 Å². The zero-order valence-corrected chi connectivity index (χ0v) is 13.0. The van der Waals surface area contributed by atoms with E-state index in [1.165, 1.54) is 0 Å². The number of para-hydroxylation sites is 2. The molecule has 110 valence electrons. The van der Waals surface area contributed by atoms with E-state index in [1.807, 2.05) is 98.8 Å². The summed E-state index contributed by atoms with van der Waals surface area (Å²) < 4.78 is 0. The van der Waals surface area contributed by atoms with Gasteiger partial charge in [0.05, 0.1) is 22.8 Å². The molecule has 0 fully saturated rings. The third kappa shape index (κ3) is 4.67. The van der Waals surface area contributed by atoms with E-state index in [0.29, 0.717) is 0 Å². The van der Waals surface area contributed by atoms with Crippen molar-refractivity contribution >= 4 is 22.8 Å². The smallest absolute Gasteiger partial charge is 0.0638 e. The Morgan fingerprint density at radius 2 is 0.818 bits per heavy atom. The Balaban J connectivity index is 0.000000847. The van der Waals surface area contributed by atoms with Crippen LogP contribution in [-0.4, -0.2) is 11.4 Å². The Morgan fingerprint density at radius 1 is 0.500 bits per heavy atom. The molecular formula is C20H20N2. The molecule has 0 atom stereocenters. The Labute approximate surface area is 132 Å². The highest BCUT2D eigenvalue weighted by molar-refractivity contribution is 6.19. The van der Waals surface area contributed by atoms with Gasteiger partial charge in [-0.15, -0.1) is 0 Å². The van der Waals surface area contributed by atoms with Crippen molar-refractivity contribution in [2.24, 2.45) is 9.98 Å². The van der Waals surface area contributed by atoms with Gasteiger partial charge in [0.15, 0.2) is 0 Å². The lowest BCUT2D eigenvalue weighted by molar-refractivity contribution is 1.50. The number of aliphatic imine (C=N–C) groups is 2. The second-order valence-electron chi connectivity index (χ2n) is 4.41. The first kappa shape index (κ1) is 15.6. The van der Waals surface area contributed by atoms with E-state index in [1.54, 1.807) is 0 Å². The van der Waals surface area contributed by atoms with E-state index in [2.05, 4.69) is 9.98 Å². The van der Waals surface area contributed by atoms with E-state index in [9.17, 15) is 0 Å². The molecular weight excluding hydrogens is 268 g/mol. The predicted molar refractivity (Wildman–Crippen MR) is 96.7 cm³/mol. The fraction of sp³-hybridized carbons (Fsp3) is 0.100. The van der Waals surface area contributed by atoms with E-state index >= 15 is 0 Å². The predicted octanol–water partition coefficient (Wildman–Crippen LogP) is 5.68. The summed E-state index contributed by atoms with van der Waals surface area (Å²) in [5.74, 6) is 0. The SMILES string of the molecule is C1=CC(=Nc2ccccc2)C=CC1=Nc1ccccc1.CC. The van der Waals surface area contributed by atoms with Crippen LogP contribution >= 0.6 is 0 Å². The summed E-state index contributed by atoms with van der Waals surface area (Å²) in [5, 5.41) is 0. The van der Waals surface area contributed by atoms with Gasteiger partial charge in [-0.1, -0.05) is 50.2 Å². The van der Waals surface area contributed by atoms with Crippen molar-refractivity contribution in [3.05, 3.63) is 85.0 Å². The largest absolute Gasteiger partial charge is 0.249 e. The van der Waals surface area contributed by atoms with Crippen molar-refractivity contribution in [2.75, 3.05) is 0 Å². The molecule has 22 heavy (non-hydrogen) atoms. The number of allylic oxidation sites excluding steroid dienone is 4. The first-order valence-corrected chi connectivity index (χ1v) is 7.54. The molecule has 2 nitrogen and oxygen atoms in total. The molecule has 2 heteroatoms. The van der Waals surface area contributed by atoms with Gasteiger partial charge in [-0.05, 0) is 48.6 Å². The van der Waals surface area contributed by atoms with E-state index in [-0.39, 0.29) is 0 Å². The van der Waals surface area contributed by atoms with Gasteiger partial charge in [-0.2, -0.15) is 0 Å². The lowest BCUT2D eigenvalue weighted by Gasteiger charge is -2.03. The minimum Gasteiger partial charge on any atom is -0.249 e. The summed E-state index contributed by atoms with van der Waals surface area (Å²) in [6.07, 6.45) is 7.92. The highest BCUT2D eigenvalue weighted by atomic mass is 14.8. The van der Waals surface area contributed by atoms with Crippen molar-refractivity contribution in [2.45, 2.75) is 13.8 Å². The Kier molecular flexibility index (Phi) is 6.06. The van der Waals surface area contributed by atoms with Gasteiger partial charge >= 0.3 is 0 Å². The minimum atomic E-state index is 0.934. The molecule has 0 N–H and O–H groups in total. The van der Waals surface area contributed by atoms with Gasteiger partial charge in [-0.3, -0.25) is 0 Å². The Morgan fingerprint density at radius 3 is 1.14 bits per heavy atom. The van der Waals surface area contributed by atoms with Crippen molar-refractivity contribution in [3.63, 3.8) is 0 Å². The molecule has 0 saturated carbocycles. The summed E-state index contributed by atoms with van der Waals surface area (Å²) in [6, 6.07) is 19.9. The van der Waals surface area contributed by atoms with Crippen LogP contribution in [0.15, 0.2) is 95.0 Å². The molecule has 1 aliphatic rings. The minimum absolute atomic E-state index is 0.934. The van der Waals surface area contributed by atoms with Crippen molar-refractivity contribution in [1.29, 1.82) is 0 Å². The molecule has 2 aromatic carbocycles. The Hall–Kier alpha value is -2.74. The van der Waals surface area contributed by atoms with E-state index in [4.69, 9.17) is 0 Å². The van der Waals surface area contributed by atoms with Gasteiger partial charge in [0.2, 0.25) is 0 Å². The maximum atomic E-state index is 4.55. The molecule has 1 aliphatic carbocycles. The highest BCUT2D eigenvalue weighted by Crippen LogP contribution is 2.14. The first-order valence-electron chi connectivity index (χ1n) is 7.54. The lowest BCUT2D eigenvalue weighted by atomic mass is 10.1. The molecule has 3 rings (SSSR count). The monoisotopic (exact) mass is 288 g/mol. The zero-order chi connectivity index (χ0) is 15.6. The van der Waals surface area contributed by atoms with E-state index < -0.39 is 0 Å². The van der Waals surface area contributed by atoms with Gasteiger partial charge in [0.1, 0.15) is 0 Å². The maximum Gasteiger partial charge on any atom is 0.0638 e. The quantitative estimate of drug-likeness (QED) is 0.635. The first-order chi connectivity index (χ1) is 10.9. The number of benzene rings is 2. The van der Waals surface area contributed by atoms with Gasteiger partial charge in [0.25, 0.3) is 0 Å². The normalized spacial score (nSPS) is 12.5. The number of hydrogen-bond acceptors (Lipinski definition) is 2. The molecule has 0 radical (unpaired) electrons. The number of rotatable bonds is 2. The summed E-state index contributed by atoms with van der Waals surface area (Å²) in [7, 11) is 0. The molecule has 0 heterocycles. The summed E-state index contributed by atoms with van der Waals surface area (Å²) in [4.78, 5) is 9.10. The molecule has 2 aromatic rings. The summed E-state index contributed by atoms with van der Waals surface area (Å²) in [6.45, 7) is 4.00. The number of hydrogen-bond donors (Lipinski definition) is 0. The average Bonchev–Trinajstić information content (AvgIpc) is 2.60. The van der Waals surface area contributed by atoms with Crippen LogP contribution in [0.3, 0.4) is 0 Å². The second kappa shape index (κ2) is 8.53. The zero-order valence-electron chi connectivity index (χ0n) is 13.0. The summed E-state index contributed by atoms with van der Waals surface area (Å²) in [5.41, 5.74) is 3.78. The van der Waals surface area contributed by atoms with Crippen LogP contribution in [0.2, 0.25) is 0 Å². The number of nitrogens with zero attached hydrogens (tertiary/aromatic N) is 2. The maximum absolute atomic E-state index is 4.55. The molecule has 0 amide bonds. The molecule has 0 unspecified atom stereocenters. The molecule has 0 bridgehead atoms. The summed E-state index contributed by atoms with van der Waals surface area (Å²) >= 11 is 0. The molecule has 0 aliphatic heterocycles. The molecule has 0 saturated heterocycles. The fourth-order valence-electron chi connectivity index (χ4n) is 1.90. The standard InChI is InChI=1S/C18H14N2.C2H6/c1-3-7-15(8-4-1)19-17-11-13-18(14-12-17)20-16-9-5-2-6-10-16;1-2/h1-14H;1-2H3. The third-order valence-corrected chi connectivity index (χ3v) is 2.88. The molecule has 0 spiro atoms. The van der Waals surface area contributed by atoms with Crippen LogP contribution in [0, 0.1) is 0 Å². The van der Waals surface area contributed by atoms with Crippen molar-refractivity contribution in [3.8, 4) is 0 Å². The third-order valence-electron chi connectivity index (χ3n) is 2.88. The average molecular weight is 288 g/mol. The van der Waals surface area contributed by atoms with Gasteiger partial charge in [-0.25, -0.2) is 9.98 Å². The van der Waals surface area contributed by atoms with Crippen LogP contribution in [0.5, 0.6) is 0 Å². The van der Waals surface area contributed by atoms with Gasteiger partial charge in [0, 0.05) is 0 Å². The second-order valence-corrected chi connectivity index (χ2v) is 4.41. The van der Waals surface area contributed by atoms with Crippen LogP contribution in [-0.2, 0) is 0 Å². The van der Waals surface area contributed by atoms with Crippen LogP contribution in [0.1, 0.15) is 13.8 Å². The lowest BCUT2D eigenvalue weighted by Crippen LogP contribution is -1.99. The Bertz CT molecular complexity index is 614. The van der Waals surface area contributed by atoms with Crippen molar-refractivity contribution < 1.29 is 0 Å². The highest BCUT2D eigenvalue weighted by Gasteiger charge is 1.99. The van der Waals surface area contributed by atoms with Crippen molar-refractivity contribution in [1.82, 2.24) is 0 Å². The fourth-order valence-corrected chi connectivity index (χ4v) is 1.90. The van der Waals surface area contributed by atoms with Crippen LogP contribution in [0.4, 0.5) is 11.4 Å². The van der Waals surface area contributed by atoms with E-state index in [0.717, 1.165) is 22.8 Å². The van der Waals surface area contributed by atoms with Crippen LogP contribution in [0.25, 0.3) is 0 Å².